The van der Waals surface area contributed by atoms with Crippen LogP contribution in [0.1, 0.15) is 56.1 Å². The minimum Gasteiger partial charge on any atom is -0.507 e. The molecule has 0 amide bonds. The number of benzene rings is 1. The molecular formula is C17H23NO. The number of hydrogen-bond donors (Lipinski definition) is 1. The molecule has 0 bridgehead atoms. The summed E-state index contributed by atoms with van der Waals surface area (Å²) in [7, 11) is 0. The molecule has 2 aliphatic rings. The Morgan fingerprint density at radius 3 is 2.74 bits per heavy atom. The molecule has 3 rings (SSSR count). The minimum atomic E-state index is 0.379. The van der Waals surface area contributed by atoms with Crippen molar-refractivity contribution in [2.24, 2.45) is 10.4 Å². The molecule has 0 saturated heterocycles. The quantitative estimate of drug-likeness (QED) is 0.790. The second-order valence-corrected chi connectivity index (χ2v) is 6.27. The lowest BCUT2D eigenvalue weighted by Gasteiger charge is -2.28. The summed E-state index contributed by atoms with van der Waals surface area (Å²) in [5.74, 6) is 0.379. The van der Waals surface area contributed by atoms with E-state index in [1.807, 2.05) is 31.3 Å². The summed E-state index contributed by atoms with van der Waals surface area (Å²) < 4.78 is 0. The van der Waals surface area contributed by atoms with E-state index in [0.717, 1.165) is 11.1 Å². The van der Waals surface area contributed by atoms with E-state index in [1.165, 1.54) is 44.9 Å². The highest BCUT2D eigenvalue weighted by Crippen LogP contribution is 2.51. The third kappa shape index (κ3) is 2.29. The first-order valence-electron chi connectivity index (χ1n) is 7.53. The lowest BCUT2D eigenvalue weighted by atomic mass is 9.81. The first-order valence-corrected chi connectivity index (χ1v) is 7.53. The van der Waals surface area contributed by atoms with Gasteiger partial charge in [0.15, 0.2) is 0 Å². The zero-order valence-electron chi connectivity index (χ0n) is 11.7. The van der Waals surface area contributed by atoms with Crippen LogP contribution in [0, 0.1) is 12.3 Å². The number of aliphatic imine (C=N–C) groups is 1. The van der Waals surface area contributed by atoms with Crippen molar-refractivity contribution >= 4 is 6.21 Å². The number of rotatable bonds is 2. The van der Waals surface area contributed by atoms with E-state index in [-0.39, 0.29) is 0 Å². The van der Waals surface area contributed by atoms with Gasteiger partial charge in [-0.15, -0.1) is 0 Å². The molecule has 2 aliphatic carbocycles. The summed E-state index contributed by atoms with van der Waals surface area (Å²) in [5.41, 5.74) is 2.28. The normalized spacial score (nSPS) is 25.6. The highest BCUT2D eigenvalue weighted by Gasteiger charge is 2.44. The fourth-order valence-corrected chi connectivity index (χ4v) is 3.97. The first-order chi connectivity index (χ1) is 9.21. The summed E-state index contributed by atoms with van der Waals surface area (Å²) in [6, 6.07) is 6.34. The fourth-order valence-electron chi connectivity index (χ4n) is 3.97. The first kappa shape index (κ1) is 12.7. The van der Waals surface area contributed by atoms with E-state index in [4.69, 9.17) is 4.99 Å². The Morgan fingerprint density at radius 2 is 1.95 bits per heavy atom. The van der Waals surface area contributed by atoms with Crippen molar-refractivity contribution in [2.45, 2.75) is 57.9 Å². The third-order valence-electron chi connectivity index (χ3n) is 5.12. The molecule has 0 heterocycles. The third-order valence-corrected chi connectivity index (χ3v) is 5.12. The topological polar surface area (TPSA) is 32.6 Å². The average molecular weight is 257 g/mol. The van der Waals surface area contributed by atoms with Gasteiger partial charge in [0.2, 0.25) is 0 Å². The Bertz CT molecular complexity index is 481. The molecule has 19 heavy (non-hydrogen) atoms. The second kappa shape index (κ2) is 4.99. The fraction of sp³-hybridized carbons (Fsp3) is 0.588. The maximum Gasteiger partial charge on any atom is 0.127 e. The van der Waals surface area contributed by atoms with Crippen LogP contribution in [0.3, 0.4) is 0 Å². The van der Waals surface area contributed by atoms with Gasteiger partial charge < -0.3 is 5.11 Å². The summed E-state index contributed by atoms with van der Waals surface area (Å²) in [5, 5.41) is 10.0. The molecule has 0 aromatic heterocycles. The molecule has 2 heteroatoms. The molecular weight excluding hydrogens is 234 g/mol. The van der Waals surface area contributed by atoms with Gasteiger partial charge in [-0.2, -0.15) is 0 Å². The summed E-state index contributed by atoms with van der Waals surface area (Å²) in [6.07, 6.45) is 11.3. The van der Waals surface area contributed by atoms with E-state index in [0.29, 0.717) is 17.2 Å². The number of aromatic hydroxyl groups is 1. The lowest BCUT2D eigenvalue weighted by molar-refractivity contribution is 0.271. The van der Waals surface area contributed by atoms with E-state index in [9.17, 15) is 5.11 Å². The van der Waals surface area contributed by atoms with Crippen LogP contribution in [0.25, 0.3) is 0 Å². The number of phenolic OH excluding ortho intramolecular Hbond substituents is 1. The highest BCUT2D eigenvalue weighted by atomic mass is 16.3. The van der Waals surface area contributed by atoms with Crippen LogP contribution in [-0.4, -0.2) is 17.4 Å². The Labute approximate surface area is 115 Å². The van der Waals surface area contributed by atoms with Crippen molar-refractivity contribution in [3.05, 3.63) is 29.3 Å². The average Bonchev–Trinajstić information content (AvgIpc) is 3.03. The summed E-state index contributed by atoms with van der Waals surface area (Å²) >= 11 is 0. The maximum atomic E-state index is 10.0. The van der Waals surface area contributed by atoms with Crippen LogP contribution in [0.4, 0.5) is 0 Å². The molecule has 2 nitrogen and oxygen atoms in total. The molecule has 1 N–H and O–H groups in total. The maximum absolute atomic E-state index is 10.0. The Kier molecular flexibility index (Phi) is 3.34. The van der Waals surface area contributed by atoms with Crippen LogP contribution in [-0.2, 0) is 0 Å². The number of hydrogen-bond acceptors (Lipinski definition) is 2. The van der Waals surface area contributed by atoms with Gasteiger partial charge in [-0.3, -0.25) is 4.99 Å². The number of nitrogens with zero attached hydrogens (tertiary/aromatic N) is 1. The molecule has 2 saturated carbocycles. The molecule has 1 aromatic carbocycles. The van der Waals surface area contributed by atoms with E-state index in [2.05, 4.69) is 0 Å². The monoisotopic (exact) mass is 257 g/mol. The number of phenols is 1. The van der Waals surface area contributed by atoms with Gasteiger partial charge in [-0.1, -0.05) is 31.4 Å². The smallest absolute Gasteiger partial charge is 0.127 e. The molecule has 0 radical (unpaired) electrons. The zero-order chi connectivity index (χ0) is 13.3. The minimum absolute atomic E-state index is 0.379. The van der Waals surface area contributed by atoms with Crippen molar-refractivity contribution in [1.29, 1.82) is 0 Å². The van der Waals surface area contributed by atoms with Crippen molar-refractivity contribution in [3.8, 4) is 5.75 Å². The molecule has 2 fully saturated rings. The Hall–Kier alpha value is -1.31. The predicted octanol–water partition coefficient (Wildman–Crippen LogP) is 4.23. The Balaban J connectivity index is 1.80. The Morgan fingerprint density at radius 1 is 1.21 bits per heavy atom. The molecule has 102 valence electrons. The van der Waals surface area contributed by atoms with Crippen LogP contribution in [0.15, 0.2) is 23.2 Å². The van der Waals surface area contributed by atoms with Gasteiger partial charge in [0.05, 0.1) is 6.04 Å². The summed E-state index contributed by atoms with van der Waals surface area (Å²) in [6.45, 7) is 1.93. The second-order valence-electron chi connectivity index (χ2n) is 6.27. The van der Waals surface area contributed by atoms with E-state index >= 15 is 0 Å². The largest absolute Gasteiger partial charge is 0.507 e. The molecule has 1 spiro atoms. The van der Waals surface area contributed by atoms with Gasteiger partial charge >= 0.3 is 0 Å². The molecule has 0 aliphatic heterocycles. The van der Waals surface area contributed by atoms with Gasteiger partial charge in [0, 0.05) is 11.8 Å². The van der Waals surface area contributed by atoms with Crippen molar-refractivity contribution in [3.63, 3.8) is 0 Å². The standard InChI is InChI=1S/C17H23NO/c1-13-6-4-7-14(16(13)19)12-18-15-8-5-11-17(15)9-2-3-10-17/h4,6-7,12,15,19H,2-3,5,8-11H2,1H3. The van der Waals surface area contributed by atoms with Crippen LogP contribution in [0.2, 0.25) is 0 Å². The predicted molar refractivity (Wildman–Crippen MR) is 79.0 cm³/mol. The van der Waals surface area contributed by atoms with Crippen molar-refractivity contribution in [1.82, 2.24) is 0 Å². The highest BCUT2D eigenvalue weighted by molar-refractivity contribution is 5.84. The van der Waals surface area contributed by atoms with E-state index in [1.54, 1.807) is 0 Å². The van der Waals surface area contributed by atoms with Crippen LogP contribution < -0.4 is 0 Å². The van der Waals surface area contributed by atoms with Gasteiger partial charge in [0.25, 0.3) is 0 Å². The van der Waals surface area contributed by atoms with Gasteiger partial charge in [-0.05, 0) is 49.7 Å². The molecule has 1 aromatic rings. The summed E-state index contributed by atoms with van der Waals surface area (Å²) in [4.78, 5) is 4.85. The van der Waals surface area contributed by atoms with Crippen LogP contribution >= 0.6 is 0 Å². The van der Waals surface area contributed by atoms with E-state index < -0.39 is 0 Å². The van der Waals surface area contributed by atoms with Gasteiger partial charge in [-0.25, -0.2) is 0 Å². The number of aryl methyl sites for hydroxylation is 1. The van der Waals surface area contributed by atoms with Crippen molar-refractivity contribution in [2.75, 3.05) is 0 Å². The zero-order valence-corrected chi connectivity index (χ0v) is 11.7. The SMILES string of the molecule is Cc1cccc(C=NC2CCCC23CCCC3)c1O. The van der Waals surface area contributed by atoms with Crippen LogP contribution in [0.5, 0.6) is 5.75 Å². The molecule has 1 unspecified atom stereocenters. The van der Waals surface area contributed by atoms with Gasteiger partial charge in [0.1, 0.15) is 5.75 Å². The number of para-hydroxylation sites is 1. The van der Waals surface area contributed by atoms with Crippen molar-refractivity contribution < 1.29 is 5.11 Å². The molecule has 1 atom stereocenters. The lowest BCUT2D eigenvalue weighted by Crippen LogP contribution is -2.25.